The van der Waals surface area contributed by atoms with E-state index in [1.807, 2.05) is 6.92 Å². The summed E-state index contributed by atoms with van der Waals surface area (Å²) in [6.07, 6.45) is 4.08. The van der Waals surface area contributed by atoms with Crippen molar-refractivity contribution in [3.63, 3.8) is 0 Å². The average molecular weight is 178 g/mol. The van der Waals surface area contributed by atoms with E-state index < -0.39 is 0 Å². The summed E-state index contributed by atoms with van der Waals surface area (Å²) >= 11 is 0. The molecule has 1 saturated carbocycles. The minimum Gasteiger partial charge on any atom is -0.322 e. The summed E-state index contributed by atoms with van der Waals surface area (Å²) in [6.45, 7) is 1.87. The van der Waals surface area contributed by atoms with Gasteiger partial charge in [-0.3, -0.25) is 4.79 Å². The van der Waals surface area contributed by atoms with Gasteiger partial charge in [0.05, 0.1) is 6.04 Å². The molecule has 1 aliphatic carbocycles. The third kappa shape index (κ3) is 3.73. The molecule has 0 aromatic carbocycles. The molecule has 0 aliphatic heterocycles. The van der Waals surface area contributed by atoms with E-state index in [2.05, 4.69) is 0 Å². The van der Waals surface area contributed by atoms with Crippen molar-refractivity contribution in [2.24, 2.45) is 11.7 Å². The fraction of sp³-hybridized carbons (Fsp3) is 0.875. The van der Waals surface area contributed by atoms with Crippen LogP contribution in [0.2, 0.25) is 0 Å². The van der Waals surface area contributed by atoms with Crippen molar-refractivity contribution in [3.8, 4) is 0 Å². The molecule has 3 heteroatoms. The first kappa shape index (κ1) is 10.9. The summed E-state index contributed by atoms with van der Waals surface area (Å²) in [5, 5.41) is 0. The molecule has 0 unspecified atom stereocenters. The Kier molecular flexibility index (Phi) is 4.69. The van der Waals surface area contributed by atoms with E-state index in [9.17, 15) is 4.79 Å². The molecule has 1 aliphatic rings. The van der Waals surface area contributed by atoms with Crippen molar-refractivity contribution in [2.45, 2.75) is 38.6 Å². The van der Waals surface area contributed by atoms with Gasteiger partial charge in [-0.25, -0.2) is 0 Å². The lowest BCUT2D eigenvalue weighted by molar-refractivity contribution is -0.120. The van der Waals surface area contributed by atoms with Crippen molar-refractivity contribution in [2.75, 3.05) is 0 Å². The van der Waals surface area contributed by atoms with Crippen molar-refractivity contribution in [3.05, 3.63) is 0 Å². The first-order valence-electron chi connectivity index (χ1n) is 4.02. The van der Waals surface area contributed by atoms with Gasteiger partial charge in [-0.15, -0.1) is 12.4 Å². The van der Waals surface area contributed by atoms with Crippen molar-refractivity contribution >= 4 is 18.2 Å². The molecule has 0 spiro atoms. The Bertz CT molecular complexity index is 134. The summed E-state index contributed by atoms with van der Waals surface area (Å²) in [5.41, 5.74) is 5.62. The van der Waals surface area contributed by atoms with Gasteiger partial charge in [0.25, 0.3) is 0 Å². The highest BCUT2D eigenvalue weighted by Gasteiger charge is 2.25. The Morgan fingerprint density at radius 2 is 2.18 bits per heavy atom. The second kappa shape index (κ2) is 4.73. The van der Waals surface area contributed by atoms with E-state index in [0.717, 1.165) is 12.3 Å². The van der Waals surface area contributed by atoms with Crippen LogP contribution in [0.1, 0.15) is 32.6 Å². The van der Waals surface area contributed by atoms with E-state index in [4.69, 9.17) is 5.73 Å². The average Bonchev–Trinajstić information content (AvgIpc) is 2.70. The molecule has 0 amide bonds. The number of nitrogens with two attached hydrogens (primary N) is 1. The van der Waals surface area contributed by atoms with Crippen LogP contribution >= 0.6 is 12.4 Å². The predicted octanol–water partition coefficient (Wildman–Crippen LogP) is 1.51. The van der Waals surface area contributed by atoms with Crippen LogP contribution in [0, 0.1) is 5.92 Å². The number of carbonyl (C=O) groups is 1. The molecule has 11 heavy (non-hydrogen) atoms. The third-order valence-electron chi connectivity index (χ3n) is 2.05. The molecule has 0 aromatic rings. The summed E-state index contributed by atoms with van der Waals surface area (Å²) in [4.78, 5) is 11.0. The van der Waals surface area contributed by atoms with Gasteiger partial charge in [-0.05, 0) is 12.3 Å². The molecule has 0 aromatic heterocycles. The SMILES string of the molecule is CCC(=O)[C@@H](N)CC1CC1.Cl. The lowest BCUT2D eigenvalue weighted by Gasteiger charge is -2.06. The van der Waals surface area contributed by atoms with E-state index in [0.29, 0.717) is 6.42 Å². The third-order valence-corrected chi connectivity index (χ3v) is 2.05. The molecule has 0 bridgehead atoms. The molecule has 1 rings (SSSR count). The Morgan fingerprint density at radius 1 is 1.64 bits per heavy atom. The number of rotatable bonds is 4. The molecule has 66 valence electrons. The van der Waals surface area contributed by atoms with Gasteiger partial charge in [-0.2, -0.15) is 0 Å². The molecular formula is C8H16ClNO. The second-order valence-corrected chi connectivity index (χ2v) is 3.11. The zero-order chi connectivity index (χ0) is 7.56. The van der Waals surface area contributed by atoms with Crippen LogP contribution < -0.4 is 5.73 Å². The second-order valence-electron chi connectivity index (χ2n) is 3.11. The van der Waals surface area contributed by atoms with Gasteiger partial charge in [0.15, 0.2) is 0 Å². The van der Waals surface area contributed by atoms with Gasteiger partial charge in [0.1, 0.15) is 5.78 Å². The van der Waals surface area contributed by atoms with E-state index in [1.54, 1.807) is 0 Å². The van der Waals surface area contributed by atoms with Crippen LogP contribution in [0.5, 0.6) is 0 Å². The van der Waals surface area contributed by atoms with Crippen LogP contribution in [-0.4, -0.2) is 11.8 Å². The lowest BCUT2D eigenvalue weighted by Crippen LogP contribution is -2.30. The summed E-state index contributed by atoms with van der Waals surface area (Å²) in [6, 6.07) is -0.169. The van der Waals surface area contributed by atoms with Crippen molar-refractivity contribution in [1.29, 1.82) is 0 Å². The molecule has 0 heterocycles. The Hall–Kier alpha value is -0.0800. The Morgan fingerprint density at radius 3 is 2.55 bits per heavy atom. The molecule has 0 saturated heterocycles. The zero-order valence-corrected chi connectivity index (χ0v) is 7.69. The quantitative estimate of drug-likeness (QED) is 0.708. The van der Waals surface area contributed by atoms with Gasteiger partial charge < -0.3 is 5.73 Å². The normalized spacial score (nSPS) is 18.7. The zero-order valence-electron chi connectivity index (χ0n) is 6.88. The first-order chi connectivity index (χ1) is 4.74. The van der Waals surface area contributed by atoms with Crippen LogP contribution in [-0.2, 0) is 4.79 Å². The van der Waals surface area contributed by atoms with Crippen molar-refractivity contribution in [1.82, 2.24) is 0 Å². The van der Waals surface area contributed by atoms with Crippen LogP contribution in [0.3, 0.4) is 0 Å². The Balaban J connectivity index is 0.000001000. The highest BCUT2D eigenvalue weighted by atomic mass is 35.5. The van der Waals surface area contributed by atoms with E-state index in [1.165, 1.54) is 12.8 Å². The minimum absolute atomic E-state index is 0. The lowest BCUT2D eigenvalue weighted by atomic mass is 10.1. The summed E-state index contributed by atoms with van der Waals surface area (Å²) in [7, 11) is 0. The van der Waals surface area contributed by atoms with Gasteiger partial charge in [0.2, 0.25) is 0 Å². The number of ketones is 1. The van der Waals surface area contributed by atoms with Gasteiger partial charge in [-0.1, -0.05) is 19.8 Å². The maximum absolute atomic E-state index is 11.0. The van der Waals surface area contributed by atoms with E-state index >= 15 is 0 Å². The summed E-state index contributed by atoms with van der Waals surface area (Å²) < 4.78 is 0. The van der Waals surface area contributed by atoms with E-state index in [-0.39, 0.29) is 24.2 Å². The topological polar surface area (TPSA) is 43.1 Å². The predicted molar refractivity (Wildman–Crippen MR) is 47.9 cm³/mol. The molecular weight excluding hydrogens is 162 g/mol. The van der Waals surface area contributed by atoms with Gasteiger partial charge >= 0.3 is 0 Å². The maximum atomic E-state index is 11.0. The van der Waals surface area contributed by atoms with Crippen molar-refractivity contribution < 1.29 is 4.79 Å². The van der Waals surface area contributed by atoms with Crippen LogP contribution in [0.25, 0.3) is 0 Å². The maximum Gasteiger partial charge on any atom is 0.149 e. The molecule has 2 N–H and O–H groups in total. The standard InChI is InChI=1S/C8H15NO.ClH/c1-2-8(10)7(9)5-6-3-4-6;/h6-7H,2-5,9H2,1H3;1H/t7-;/m0./s1. The molecule has 2 nitrogen and oxygen atoms in total. The van der Waals surface area contributed by atoms with Crippen LogP contribution in [0.15, 0.2) is 0 Å². The fourth-order valence-electron chi connectivity index (χ4n) is 1.11. The number of halogens is 1. The van der Waals surface area contributed by atoms with Gasteiger partial charge in [0, 0.05) is 6.42 Å². The Labute approximate surface area is 73.9 Å². The number of carbonyl (C=O) groups excluding carboxylic acids is 1. The minimum atomic E-state index is -0.169. The molecule has 1 atom stereocenters. The number of Topliss-reactive ketones (excluding diaryl/α,β-unsaturated/α-hetero) is 1. The summed E-state index contributed by atoms with van der Waals surface area (Å²) in [5.74, 6) is 0.984. The number of hydrogen-bond donors (Lipinski definition) is 1. The van der Waals surface area contributed by atoms with Crippen LogP contribution in [0.4, 0.5) is 0 Å². The highest BCUT2D eigenvalue weighted by molar-refractivity contribution is 5.85. The highest BCUT2D eigenvalue weighted by Crippen LogP contribution is 2.33. The fourth-order valence-corrected chi connectivity index (χ4v) is 1.11. The smallest absolute Gasteiger partial charge is 0.149 e. The first-order valence-corrected chi connectivity index (χ1v) is 4.02. The monoisotopic (exact) mass is 177 g/mol. The molecule has 1 fully saturated rings. The largest absolute Gasteiger partial charge is 0.322 e. The molecule has 0 radical (unpaired) electrons. The number of hydrogen-bond acceptors (Lipinski definition) is 2.